The van der Waals surface area contributed by atoms with Crippen LogP contribution in [-0.2, 0) is 9.53 Å². The van der Waals surface area contributed by atoms with Gasteiger partial charge in [-0.15, -0.1) is 0 Å². The zero-order valence-electron chi connectivity index (χ0n) is 13.7. The molecule has 1 saturated heterocycles. The molecule has 1 aromatic carbocycles. The van der Waals surface area contributed by atoms with E-state index >= 15 is 0 Å². The summed E-state index contributed by atoms with van der Waals surface area (Å²) in [5.74, 6) is 0.830. The van der Waals surface area contributed by atoms with Gasteiger partial charge in [0.15, 0.2) is 0 Å². The lowest BCUT2D eigenvalue weighted by Gasteiger charge is -2.22. The summed E-state index contributed by atoms with van der Waals surface area (Å²) in [6.07, 6.45) is 2.01. The number of hydrogen-bond donors (Lipinski definition) is 0. The predicted molar refractivity (Wildman–Crippen MR) is 91.8 cm³/mol. The molecular weight excluding hydrogens is 312 g/mol. The molecule has 0 bridgehead atoms. The Balaban J connectivity index is 1.53. The summed E-state index contributed by atoms with van der Waals surface area (Å²) in [4.78, 5) is 17.2. The SMILES string of the molecule is COCCN1CCCN(C(=O)[C@H]2C[C@H]2c2cccc(Cl)c2)CC1. The smallest absolute Gasteiger partial charge is 0.226 e. The number of carbonyl (C=O) groups is 1. The average molecular weight is 337 g/mol. The summed E-state index contributed by atoms with van der Waals surface area (Å²) in [6.45, 7) is 5.42. The first-order chi connectivity index (χ1) is 11.2. The Morgan fingerprint density at radius 3 is 2.96 bits per heavy atom. The Labute approximate surface area is 143 Å². The van der Waals surface area contributed by atoms with E-state index in [2.05, 4.69) is 15.9 Å². The molecule has 5 heteroatoms. The molecule has 0 aromatic heterocycles. The van der Waals surface area contributed by atoms with Gasteiger partial charge in [0.1, 0.15) is 0 Å². The first-order valence-electron chi connectivity index (χ1n) is 8.44. The number of hydrogen-bond acceptors (Lipinski definition) is 3. The molecule has 2 fully saturated rings. The minimum atomic E-state index is 0.152. The van der Waals surface area contributed by atoms with Crippen molar-refractivity contribution in [1.29, 1.82) is 0 Å². The van der Waals surface area contributed by atoms with Crippen molar-refractivity contribution in [3.63, 3.8) is 0 Å². The highest BCUT2D eigenvalue weighted by atomic mass is 35.5. The third kappa shape index (κ3) is 4.25. The number of methoxy groups -OCH3 is 1. The topological polar surface area (TPSA) is 32.8 Å². The van der Waals surface area contributed by atoms with E-state index in [4.69, 9.17) is 16.3 Å². The van der Waals surface area contributed by atoms with Crippen molar-refractivity contribution in [2.24, 2.45) is 5.92 Å². The molecule has 1 aliphatic carbocycles. The minimum absolute atomic E-state index is 0.152. The minimum Gasteiger partial charge on any atom is -0.383 e. The second-order valence-corrected chi connectivity index (χ2v) is 6.95. The van der Waals surface area contributed by atoms with Gasteiger partial charge < -0.3 is 9.64 Å². The standard InChI is InChI=1S/C18H25ClN2O2/c1-23-11-10-20-6-3-7-21(9-8-20)18(22)17-13-16(17)14-4-2-5-15(19)12-14/h2,4-5,12,16-17H,3,6-11,13H2,1H3/t16-,17-/m0/s1. The number of amides is 1. The van der Waals surface area contributed by atoms with E-state index in [9.17, 15) is 4.79 Å². The number of carbonyl (C=O) groups excluding carboxylic acids is 1. The molecule has 2 atom stereocenters. The van der Waals surface area contributed by atoms with Crippen LogP contribution in [0.3, 0.4) is 0 Å². The van der Waals surface area contributed by atoms with Gasteiger partial charge in [-0.25, -0.2) is 0 Å². The number of nitrogens with zero attached hydrogens (tertiary/aromatic N) is 2. The molecule has 1 aliphatic heterocycles. The van der Waals surface area contributed by atoms with Crippen LogP contribution in [0.4, 0.5) is 0 Å². The van der Waals surface area contributed by atoms with Crippen molar-refractivity contribution in [3.8, 4) is 0 Å². The fraction of sp³-hybridized carbons (Fsp3) is 0.611. The highest BCUT2D eigenvalue weighted by Gasteiger charge is 2.45. The predicted octanol–water partition coefficient (Wildman–Crippen LogP) is 2.62. The van der Waals surface area contributed by atoms with Crippen molar-refractivity contribution < 1.29 is 9.53 Å². The molecule has 126 valence electrons. The molecule has 0 N–H and O–H groups in total. The van der Waals surface area contributed by atoms with Gasteiger partial charge in [-0.05, 0) is 43.0 Å². The first kappa shape index (κ1) is 16.7. The van der Waals surface area contributed by atoms with Crippen LogP contribution in [-0.4, -0.2) is 62.1 Å². The largest absolute Gasteiger partial charge is 0.383 e. The summed E-state index contributed by atoms with van der Waals surface area (Å²) in [6, 6.07) is 7.93. The van der Waals surface area contributed by atoms with E-state index < -0.39 is 0 Å². The molecule has 0 unspecified atom stereocenters. The first-order valence-corrected chi connectivity index (χ1v) is 8.82. The molecule has 0 spiro atoms. The molecular formula is C18H25ClN2O2. The highest BCUT2D eigenvalue weighted by molar-refractivity contribution is 6.30. The lowest BCUT2D eigenvalue weighted by molar-refractivity contribution is -0.132. The van der Waals surface area contributed by atoms with Gasteiger partial charge in [-0.3, -0.25) is 9.69 Å². The normalized spacial score (nSPS) is 25.2. The molecule has 4 nitrogen and oxygen atoms in total. The van der Waals surface area contributed by atoms with Crippen molar-refractivity contribution in [1.82, 2.24) is 9.80 Å². The molecule has 0 radical (unpaired) electrons. The summed E-state index contributed by atoms with van der Waals surface area (Å²) in [5.41, 5.74) is 1.20. The fourth-order valence-electron chi connectivity index (χ4n) is 3.44. The molecule has 1 amide bonds. The van der Waals surface area contributed by atoms with Crippen LogP contribution >= 0.6 is 11.6 Å². The Kier molecular flexibility index (Phi) is 5.57. The van der Waals surface area contributed by atoms with Crippen LogP contribution in [0.25, 0.3) is 0 Å². The van der Waals surface area contributed by atoms with Crippen LogP contribution in [0.15, 0.2) is 24.3 Å². The van der Waals surface area contributed by atoms with Crippen LogP contribution in [0, 0.1) is 5.92 Å². The maximum absolute atomic E-state index is 12.8. The average Bonchev–Trinajstić information content (AvgIpc) is 3.36. The lowest BCUT2D eigenvalue weighted by atomic mass is 10.1. The van der Waals surface area contributed by atoms with Crippen LogP contribution in [0.5, 0.6) is 0 Å². The van der Waals surface area contributed by atoms with Crippen molar-refractivity contribution in [2.45, 2.75) is 18.8 Å². The summed E-state index contributed by atoms with van der Waals surface area (Å²) in [7, 11) is 1.73. The van der Waals surface area contributed by atoms with Gasteiger partial charge in [0.05, 0.1) is 6.61 Å². The summed E-state index contributed by atoms with van der Waals surface area (Å²) < 4.78 is 5.15. The molecule has 3 rings (SSSR count). The second kappa shape index (κ2) is 7.65. The number of benzene rings is 1. The van der Waals surface area contributed by atoms with E-state index in [-0.39, 0.29) is 5.92 Å². The monoisotopic (exact) mass is 336 g/mol. The maximum atomic E-state index is 12.8. The van der Waals surface area contributed by atoms with Gasteiger partial charge in [0, 0.05) is 44.2 Å². The van der Waals surface area contributed by atoms with E-state index in [1.54, 1.807) is 7.11 Å². The Morgan fingerprint density at radius 1 is 1.30 bits per heavy atom. The molecule has 1 heterocycles. The molecule has 1 aromatic rings. The molecule has 2 aliphatic rings. The van der Waals surface area contributed by atoms with Crippen molar-refractivity contribution >= 4 is 17.5 Å². The quantitative estimate of drug-likeness (QED) is 0.828. The number of rotatable bonds is 5. The van der Waals surface area contributed by atoms with Crippen LogP contribution in [0.1, 0.15) is 24.3 Å². The third-order valence-electron chi connectivity index (χ3n) is 4.90. The fourth-order valence-corrected chi connectivity index (χ4v) is 3.64. The number of halogens is 1. The van der Waals surface area contributed by atoms with Crippen molar-refractivity contribution in [3.05, 3.63) is 34.9 Å². The Morgan fingerprint density at radius 2 is 2.17 bits per heavy atom. The molecule has 23 heavy (non-hydrogen) atoms. The van der Waals surface area contributed by atoms with Gasteiger partial charge in [-0.1, -0.05) is 23.7 Å². The van der Waals surface area contributed by atoms with E-state index in [1.165, 1.54) is 5.56 Å². The Bertz CT molecular complexity index is 552. The number of ether oxygens (including phenoxy) is 1. The lowest BCUT2D eigenvalue weighted by Crippen LogP contribution is -2.37. The molecule has 1 saturated carbocycles. The van der Waals surface area contributed by atoms with Gasteiger partial charge in [-0.2, -0.15) is 0 Å². The summed E-state index contributed by atoms with van der Waals surface area (Å²) >= 11 is 6.06. The van der Waals surface area contributed by atoms with Crippen LogP contribution in [0.2, 0.25) is 5.02 Å². The maximum Gasteiger partial charge on any atom is 0.226 e. The summed E-state index contributed by atoms with van der Waals surface area (Å²) in [5, 5.41) is 0.754. The third-order valence-corrected chi connectivity index (χ3v) is 5.13. The van der Waals surface area contributed by atoms with Gasteiger partial charge in [0.2, 0.25) is 5.91 Å². The van der Waals surface area contributed by atoms with E-state index in [0.717, 1.165) is 57.2 Å². The second-order valence-electron chi connectivity index (χ2n) is 6.52. The van der Waals surface area contributed by atoms with Gasteiger partial charge in [0.25, 0.3) is 0 Å². The van der Waals surface area contributed by atoms with Gasteiger partial charge >= 0.3 is 0 Å². The Hall–Kier alpha value is -1.10. The van der Waals surface area contributed by atoms with Crippen molar-refractivity contribution in [2.75, 3.05) is 46.4 Å². The zero-order valence-corrected chi connectivity index (χ0v) is 14.5. The van der Waals surface area contributed by atoms with Crippen LogP contribution < -0.4 is 0 Å². The van der Waals surface area contributed by atoms with E-state index in [1.807, 2.05) is 18.2 Å². The highest BCUT2D eigenvalue weighted by Crippen LogP contribution is 2.48. The van der Waals surface area contributed by atoms with E-state index in [0.29, 0.717) is 11.8 Å². The zero-order chi connectivity index (χ0) is 16.2.